The van der Waals surface area contributed by atoms with Crippen molar-refractivity contribution in [3.8, 4) is 5.69 Å². The molecule has 2 fully saturated rings. The number of methoxy groups -OCH3 is 1. The molecule has 10 heteroatoms. The van der Waals surface area contributed by atoms with Gasteiger partial charge in [-0.2, -0.15) is 0 Å². The third-order valence-corrected chi connectivity index (χ3v) is 6.60. The zero-order chi connectivity index (χ0) is 22.2. The second-order valence-electron chi connectivity index (χ2n) is 8.57. The SMILES string of the molecule is COC1CCN(Cc2cn(-c3cccc4c3CN(C3CCC(=O)NC3=O)C4=O)nn2)CC1. The molecule has 0 aliphatic carbocycles. The molecule has 32 heavy (non-hydrogen) atoms. The summed E-state index contributed by atoms with van der Waals surface area (Å²) in [7, 11) is 1.76. The first-order valence-corrected chi connectivity index (χ1v) is 11.0. The molecule has 0 spiro atoms. The van der Waals surface area contributed by atoms with Gasteiger partial charge in [0, 0.05) is 50.8 Å². The van der Waals surface area contributed by atoms with Gasteiger partial charge in [-0.1, -0.05) is 11.3 Å². The molecule has 4 heterocycles. The third-order valence-electron chi connectivity index (χ3n) is 6.60. The van der Waals surface area contributed by atoms with Crippen LogP contribution in [-0.2, 0) is 27.4 Å². The second kappa shape index (κ2) is 8.44. The van der Waals surface area contributed by atoms with Crippen LogP contribution in [0.1, 0.15) is 47.3 Å². The van der Waals surface area contributed by atoms with Crippen LogP contribution in [0.3, 0.4) is 0 Å². The maximum Gasteiger partial charge on any atom is 0.255 e. The number of benzene rings is 1. The number of hydrogen-bond donors (Lipinski definition) is 1. The normalized spacial score (nSPS) is 22.3. The van der Waals surface area contributed by atoms with Crippen LogP contribution < -0.4 is 5.32 Å². The fourth-order valence-corrected chi connectivity index (χ4v) is 4.80. The minimum atomic E-state index is -0.637. The number of aromatic nitrogens is 3. The first-order chi connectivity index (χ1) is 15.5. The molecule has 5 rings (SSSR count). The third kappa shape index (κ3) is 3.80. The second-order valence-corrected chi connectivity index (χ2v) is 8.57. The molecule has 3 aliphatic heterocycles. The topological polar surface area (TPSA) is 110 Å². The summed E-state index contributed by atoms with van der Waals surface area (Å²) in [5.41, 5.74) is 3.03. The molecule has 1 atom stereocenters. The van der Waals surface area contributed by atoms with Gasteiger partial charge in [0.1, 0.15) is 6.04 Å². The largest absolute Gasteiger partial charge is 0.381 e. The first kappa shape index (κ1) is 20.8. The Morgan fingerprint density at radius 2 is 1.97 bits per heavy atom. The van der Waals surface area contributed by atoms with Crippen molar-refractivity contribution in [2.24, 2.45) is 0 Å². The lowest BCUT2D eigenvalue weighted by Crippen LogP contribution is -2.52. The van der Waals surface area contributed by atoms with Gasteiger partial charge in [0.05, 0.1) is 23.7 Å². The minimum Gasteiger partial charge on any atom is -0.381 e. The number of fused-ring (bicyclic) bond motifs is 1. The van der Waals surface area contributed by atoms with E-state index >= 15 is 0 Å². The highest BCUT2D eigenvalue weighted by molar-refractivity contribution is 6.05. The van der Waals surface area contributed by atoms with Crippen LogP contribution in [0.5, 0.6) is 0 Å². The van der Waals surface area contributed by atoms with E-state index in [2.05, 4.69) is 20.5 Å². The number of nitrogens with one attached hydrogen (secondary N) is 1. The van der Waals surface area contributed by atoms with Crippen molar-refractivity contribution in [2.75, 3.05) is 20.2 Å². The molecule has 1 aromatic carbocycles. The van der Waals surface area contributed by atoms with Crippen molar-refractivity contribution in [3.05, 3.63) is 41.2 Å². The van der Waals surface area contributed by atoms with Crippen LogP contribution in [0, 0.1) is 0 Å². The van der Waals surface area contributed by atoms with Gasteiger partial charge in [0.2, 0.25) is 11.8 Å². The fraction of sp³-hybridized carbons (Fsp3) is 0.500. The highest BCUT2D eigenvalue weighted by atomic mass is 16.5. The Morgan fingerprint density at radius 3 is 2.72 bits per heavy atom. The van der Waals surface area contributed by atoms with Crippen molar-refractivity contribution in [3.63, 3.8) is 0 Å². The van der Waals surface area contributed by atoms with Gasteiger partial charge in [-0.3, -0.25) is 24.6 Å². The van der Waals surface area contributed by atoms with Crippen molar-refractivity contribution in [1.82, 2.24) is 30.1 Å². The van der Waals surface area contributed by atoms with Crippen LogP contribution in [0.2, 0.25) is 0 Å². The summed E-state index contributed by atoms with van der Waals surface area (Å²) < 4.78 is 7.14. The number of hydrogen-bond acceptors (Lipinski definition) is 7. The van der Waals surface area contributed by atoms with Crippen LogP contribution >= 0.6 is 0 Å². The summed E-state index contributed by atoms with van der Waals surface area (Å²) in [5.74, 6) is -0.903. The summed E-state index contributed by atoms with van der Waals surface area (Å²) in [5, 5.41) is 11.0. The van der Waals surface area contributed by atoms with Crippen molar-refractivity contribution < 1.29 is 19.1 Å². The molecule has 168 valence electrons. The van der Waals surface area contributed by atoms with Gasteiger partial charge in [0.25, 0.3) is 5.91 Å². The number of imide groups is 1. The summed E-state index contributed by atoms with van der Waals surface area (Å²) in [4.78, 5) is 40.7. The molecule has 3 aliphatic rings. The fourth-order valence-electron chi connectivity index (χ4n) is 4.80. The Hall–Kier alpha value is -3.11. The molecule has 1 unspecified atom stereocenters. The summed E-state index contributed by atoms with van der Waals surface area (Å²) >= 11 is 0. The van der Waals surface area contributed by atoms with E-state index in [0.29, 0.717) is 31.2 Å². The van der Waals surface area contributed by atoms with Crippen LogP contribution in [0.15, 0.2) is 24.4 Å². The Balaban J connectivity index is 1.33. The van der Waals surface area contributed by atoms with Gasteiger partial charge >= 0.3 is 0 Å². The van der Waals surface area contributed by atoms with E-state index in [1.807, 2.05) is 18.3 Å². The number of carbonyl (C=O) groups excluding carboxylic acids is 3. The summed E-state index contributed by atoms with van der Waals surface area (Å²) in [6, 6.07) is 4.85. The maximum atomic E-state index is 13.0. The number of amides is 3. The monoisotopic (exact) mass is 438 g/mol. The van der Waals surface area contributed by atoms with Crippen LogP contribution in [-0.4, -0.2) is 74.9 Å². The lowest BCUT2D eigenvalue weighted by Gasteiger charge is -2.30. The molecule has 2 saturated heterocycles. The average Bonchev–Trinajstić information content (AvgIpc) is 3.39. The number of nitrogens with zero attached hydrogens (tertiary/aromatic N) is 5. The van der Waals surface area contributed by atoms with Crippen LogP contribution in [0.4, 0.5) is 0 Å². The first-order valence-electron chi connectivity index (χ1n) is 11.0. The summed E-state index contributed by atoms with van der Waals surface area (Å²) in [6.45, 7) is 2.94. The zero-order valence-electron chi connectivity index (χ0n) is 18.0. The van der Waals surface area contributed by atoms with E-state index in [1.165, 1.54) is 0 Å². The Bertz CT molecular complexity index is 1060. The number of piperidine rings is 2. The van der Waals surface area contributed by atoms with E-state index in [0.717, 1.165) is 42.9 Å². The van der Waals surface area contributed by atoms with Crippen molar-refractivity contribution in [1.29, 1.82) is 0 Å². The molecule has 3 amide bonds. The van der Waals surface area contributed by atoms with Crippen molar-refractivity contribution in [2.45, 2.75) is 50.9 Å². The molecule has 2 aromatic rings. The van der Waals surface area contributed by atoms with E-state index in [-0.39, 0.29) is 18.2 Å². The van der Waals surface area contributed by atoms with Crippen LogP contribution in [0.25, 0.3) is 5.69 Å². The molecular weight excluding hydrogens is 412 g/mol. The van der Waals surface area contributed by atoms with Gasteiger partial charge in [-0.05, 0) is 31.4 Å². The number of ether oxygens (including phenoxy) is 1. The molecular formula is C22H26N6O4. The molecule has 1 N–H and O–H groups in total. The maximum absolute atomic E-state index is 13.0. The Kier molecular flexibility index (Phi) is 5.48. The lowest BCUT2D eigenvalue weighted by atomic mass is 10.0. The Labute approximate surface area is 185 Å². The van der Waals surface area contributed by atoms with E-state index in [1.54, 1.807) is 22.8 Å². The molecule has 10 nitrogen and oxygen atoms in total. The predicted octanol–water partition coefficient (Wildman–Crippen LogP) is 0.639. The molecule has 0 saturated carbocycles. The molecule has 0 bridgehead atoms. The van der Waals surface area contributed by atoms with E-state index in [4.69, 9.17) is 4.74 Å². The number of likely N-dealkylation sites (tertiary alicyclic amines) is 1. The minimum absolute atomic E-state index is 0.197. The highest BCUT2D eigenvalue weighted by Crippen LogP contribution is 2.31. The number of rotatable bonds is 5. The van der Waals surface area contributed by atoms with E-state index in [9.17, 15) is 14.4 Å². The summed E-state index contributed by atoms with van der Waals surface area (Å²) in [6.07, 6.45) is 4.82. The molecule has 0 radical (unpaired) electrons. The predicted molar refractivity (Wildman–Crippen MR) is 113 cm³/mol. The lowest BCUT2D eigenvalue weighted by molar-refractivity contribution is -0.136. The highest BCUT2D eigenvalue weighted by Gasteiger charge is 2.40. The van der Waals surface area contributed by atoms with Gasteiger partial charge < -0.3 is 9.64 Å². The van der Waals surface area contributed by atoms with Gasteiger partial charge in [-0.25, -0.2) is 4.68 Å². The quantitative estimate of drug-likeness (QED) is 0.682. The Morgan fingerprint density at radius 1 is 1.16 bits per heavy atom. The van der Waals surface area contributed by atoms with Crippen molar-refractivity contribution >= 4 is 17.7 Å². The standard InChI is InChI=1S/C22H26N6O4/c1-32-15-7-9-26(10-8-15)11-14-12-28(25-24-14)18-4-2-3-16-17(18)13-27(22(16)31)19-5-6-20(29)23-21(19)30/h2-4,12,15,19H,5-11,13H2,1H3,(H,23,29,30). The smallest absolute Gasteiger partial charge is 0.255 e. The number of carbonyl (C=O) groups is 3. The van der Waals surface area contributed by atoms with Gasteiger partial charge in [0.15, 0.2) is 0 Å². The average molecular weight is 438 g/mol. The van der Waals surface area contributed by atoms with Gasteiger partial charge in [-0.15, -0.1) is 5.10 Å². The van der Waals surface area contributed by atoms with E-state index < -0.39 is 11.9 Å². The zero-order valence-corrected chi connectivity index (χ0v) is 18.0. The molecule has 1 aromatic heterocycles.